The first-order chi connectivity index (χ1) is 14.4. The maximum Gasteiger partial charge on any atom is 0.283 e. The summed E-state index contributed by atoms with van der Waals surface area (Å²) in [7, 11) is 0. The highest BCUT2D eigenvalue weighted by Gasteiger charge is 2.21. The Hall–Kier alpha value is -2.74. The fourth-order valence-corrected chi connectivity index (χ4v) is 4.85. The number of nitrogens with two attached hydrogens (primary N) is 1. The Morgan fingerprint density at radius 1 is 1.17 bits per heavy atom. The third-order valence-corrected chi connectivity index (χ3v) is 6.33. The summed E-state index contributed by atoms with van der Waals surface area (Å²) in [4.78, 5) is 28.9. The van der Waals surface area contributed by atoms with Crippen LogP contribution in [-0.4, -0.2) is 20.4 Å². The average Bonchev–Trinajstić information content (AvgIpc) is 3.14. The molecule has 152 valence electrons. The van der Waals surface area contributed by atoms with E-state index in [-0.39, 0.29) is 27.4 Å². The minimum absolute atomic E-state index is 0.0361. The molecule has 2 aromatic heterocycles. The molecule has 6 nitrogen and oxygen atoms in total. The molecule has 0 unspecified atom stereocenters. The van der Waals surface area contributed by atoms with Crippen molar-refractivity contribution in [2.75, 3.05) is 5.73 Å². The topological polar surface area (TPSA) is 90.4 Å². The lowest BCUT2D eigenvalue weighted by Gasteiger charge is -2.11. The summed E-state index contributed by atoms with van der Waals surface area (Å²) >= 11 is 13.2. The summed E-state index contributed by atoms with van der Waals surface area (Å²) < 4.78 is 1.48. The van der Waals surface area contributed by atoms with E-state index in [1.165, 1.54) is 34.1 Å². The minimum Gasteiger partial charge on any atom is -0.383 e. The van der Waals surface area contributed by atoms with Gasteiger partial charge in [-0.15, -0.1) is 0 Å². The Labute approximate surface area is 186 Å². The molecule has 0 saturated heterocycles. The second-order valence-corrected chi connectivity index (χ2v) is 8.48. The van der Waals surface area contributed by atoms with Gasteiger partial charge in [0.05, 0.1) is 15.6 Å². The van der Waals surface area contributed by atoms with Gasteiger partial charge in [-0.3, -0.25) is 9.59 Å². The second-order valence-electron chi connectivity index (χ2n) is 6.68. The van der Waals surface area contributed by atoms with Crippen molar-refractivity contribution in [2.24, 2.45) is 0 Å². The van der Waals surface area contributed by atoms with Crippen LogP contribution in [-0.2, 0) is 4.79 Å². The number of nitrogens with zero attached hydrogens (tertiary/aromatic N) is 3. The van der Waals surface area contributed by atoms with E-state index in [0.717, 1.165) is 17.0 Å². The number of anilines is 1. The van der Waals surface area contributed by atoms with Gasteiger partial charge >= 0.3 is 0 Å². The molecule has 0 radical (unpaired) electrons. The fourth-order valence-electron chi connectivity index (χ4n) is 3.24. The number of hydrogen-bond acceptors (Lipinski definition) is 6. The Bertz CT molecular complexity index is 1280. The van der Waals surface area contributed by atoms with E-state index < -0.39 is 11.3 Å². The van der Waals surface area contributed by atoms with E-state index in [1.54, 1.807) is 0 Å². The van der Waals surface area contributed by atoms with Crippen molar-refractivity contribution in [1.82, 2.24) is 14.6 Å². The van der Waals surface area contributed by atoms with Crippen molar-refractivity contribution in [3.63, 3.8) is 0 Å². The van der Waals surface area contributed by atoms with Crippen LogP contribution in [0.1, 0.15) is 35.4 Å². The summed E-state index contributed by atoms with van der Waals surface area (Å²) in [6.07, 6.45) is 5.20. The summed E-state index contributed by atoms with van der Waals surface area (Å²) in [5.41, 5.74) is 7.55. The Morgan fingerprint density at radius 3 is 2.47 bits per heavy atom. The maximum absolute atomic E-state index is 12.6. The molecular formula is C21H16Cl2N4O2S. The van der Waals surface area contributed by atoms with Gasteiger partial charge in [-0.05, 0) is 35.8 Å². The van der Waals surface area contributed by atoms with Crippen LogP contribution in [0.2, 0.25) is 0 Å². The first-order valence-corrected chi connectivity index (χ1v) is 10.7. The van der Waals surface area contributed by atoms with Crippen LogP contribution in [0.5, 0.6) is 0 Å². The second kappa shape index (κ2) is 8.18. The van der Waals surface area contributed by atoms with Crippen LogP contribution in [0.3, 0.4) is 0 Å². The molecule has 1 aromatic carbocycles. The summed E-state index contributed by atoms with van der Waals surface area (Å²) in [6.45, 7) is 2.08. The molecule has 4 rings (SSSR count). The van der Waals surface area contributed by atoms with E-state index in [1.807, 2.05) is 30.3 Å². The van der Waals surface area contributed by atoms with Gasteiger partial charge in [0.1, 0.15) is 10.8 Å². The molecule has 2 N–H and O–H groups in total. The van der Waals surface area contributed by atoms with Gasteiger partial charge < -0.3 is 5.73 Å². The van der Waals surface area contributed by atoms with Crippen molar-refractivity contribution in [2.45, 2.75) is 19.3 Å². The molecule has 0 aliphatic heterocycles. The SMILES string of the molecule is CC[C@@H](c1ccccc1)c1nn2c(N)c(C=C3C=C(Cl)C(=O)C(Cl)=C3)c(=O)nc2s1. The van der Waals surface area contributed by atoms with Crippen LogP contribution in [0.4, 0.5) is 5.82 Å². The van der Waals surface area contributed by atoms with Crippen molar-refractivity contribution in [3.05, 3.63) is 84.6 Å². The van der Waals surface area contributed by atoms with Crippen molar-refractivity contribution < 1.29 is 4.79 Å². The molecule has 0 saturated carbocycles. The van der Waals surface area contributed by atoms with E-state index >= 15 is 0 Å². The molecule has 0 amide bonds. The van der Waals surface area contributed by atoms with E-state index in [4.69, 9.17) is 28.9 Å². The zero-order chi connectivity index (χ0) is 21.4. The molecule has 1 aliphatic carbocycles. The third kappa shape index (κ3) is 3.71. The molecule has 1 aliphatic rings. The smallest absolute Gasteiger partial charge is 0.283 e. The van der Waals surface area contributed by atoms with E-state index in [9.17, 15) is 9.59 Å². The molecule has 3 aromatic rings. The number of halogens is 2. The molecule has 9 heteroatoms. The largest absolute Gasteiger partial charge is 0.383 e. The lowest BCUT2D eigenvalue weighted by atomic mass is 9.97. The lowest BCUT2D eigenvalue weighted by molar-refractivity contribution is -0.111. The number of hydrogen-bond donors (Lipinski definition) is 1. The monoisotopic (exact) mass is 458 g/mol. The number of carbonyl (C=O) groups is 1. The van der Waals surface area contributed by atoms with Crippen molar-refractivity contribution in [3.8, 4) is 0 Å². The molecule has 0 fully saturated rings. The van der Waals surface area contributed by atoms with Gasteiger partial charge in [0.25, 0.3) is 5.56 Å². The molecular weight excluding hydrogens is 443 g/mol. The van der Waals surface area contributed by atoms with Crippen LogP contribution in [0.15, 0.2) is 62.9 Å². The van der Waals surface area contributed by atoms with Gasteiger partial charge in [0, 0.05) is 5.92 Å². The molecule has 1 atom stereocenters. The van der Waals surface area contributed by atoms with Crippen LogP contribution >= 0.6 is 34.5 Å². The van der Waals surface area contributed by atoms with E-state index in [2.05, 4.69) is 17.0 Å². The summed E-state index contributed by atoms with van der Waals surface area (Å²) in [5.74, 6) is -0.236. The number of Topliss-reactive ketones (excluding diaryl/α,β-unsaturated/α-hetero) is 1. The number of rotatable bonds is 4. The van der Waals surface area contributed by atoms with Crippen LogP contribution in [0, 0.1) is 0 Å². The predicted octanol–water partition coefficient (Wildman–Crippen LogP) is 4.49. The zero-order valence-corrected chi connectivity index (χ0v) is 18.1. The first-order valence-electron chi connectivity index (χ1n) is 9.14. The van der Waals surface area contributed by atoms with Gasteiger partial charge in [0.15, 0.2) is 0 Å². The number of nitrogen functional groups attached to an aromatic ring is 1. The van der Waals surface area contributed by atoms with Crippen molar-refractivity contribution >= 4 is 57.2 Å². The van der Waals surface area contributed by atoms with Crippen LogP contribution in [0.25, 0.3) is 11.0 Å². The highest BCUT2D eigenvalue weighted by Crippen LogP contribution is 2.32. The summed E-state index contributed by atoms with van der Waals surface area (Å²) in [5, 5.41) is 5.39. The number of ketones is 1. The number of carbonyl (C=O) groups excluding carboxylic acids is 1. The number of benzene rings is 1. The van der Waals surface area contributed by atoms with Gasteiger partial charge in [0.2, 0.25) is 10.7 Å². The standard InChI is InChI=1S/C21H16Cl2N4O2S/c1-2-13(12-6-4-3-5-7-12)20-26-27-18(24)14(19(29)25-21(27)30-20)8-11-9-15(22)17(28)16(23)10-11/h3-10,13H,2,24H2,1H3/t13-/m0/s1. The Kier molecular flexibility index (Phi) is 5.60. The van der Waals surface area contributed by atoms with Crippen molar-refractivity contribution in [1.29, 1.82) is 0 Å². The van der Waals surface area contributed by atoms with E-state index in [0.29, 0.717) is 10.5 Å². The van der Waals surface area contributed by atoms with Gasteiger partial charge in [-0.1, -0.05) is 71.8 Å². The quantitative estimate of drug-likeness (QED) is 0.621. The highest BCUT2D eigenvalue weighted by atomic mass is 35.5. The minimum atomic E-state index is -0.492. The zero-order valence-electron chi connectivity index (χ0n) is 15.8. The summed E-state index contributed by atoms with van der Waals surface area (Å²) in [6, 6.07) is 10.0. The first kappa shape index (κ1) is 20.5. The number of allylic oxidation sites excluding steroid dienone is 5. The third-order valence-electron chi connectivity index (χ3n) is 4.75. The van der Waals surface area contributed by atoms with Gasteiger partial charge in [-0.25, -0.2) is 0 Å². The predicted molar refractivity (Wildman–Crippen MR) is 121 cm³/mol. The molecule has 0 spiro atoms. The Balaban J connectivity index is 1.82. The molecule has 30 heavy (non-hydrogen) atoms. The fraction of sp³-hybridized carbons (Fsp3) is 0.143. The number of fused-ring (bicyclic) bond motifs is 1. The highest BCUT2D eigenvalue weighted by molar-refractivity contribution is 7.16. The average molecular weight is 459 g/mol. The van der Waals surface area contributed by atoms with Gasteiger partial charge in [-0.2, -0.15) is 14.6 Å². The Morgan fingerprint density at radius 2 is 1.83 bits per heavy atom. The molecule has 2 heterocycles. The lowest BCUT2D eigenvalue weighted by Crippen LogP contribution is -2.17. The van der Waals surface area contributed by atoms with Crippen LogP contribution < -0.4 is 11.3 Å². The maximum atomic E-state index is 12.6. The normalized spacial score (nSPS) is 15.2. The number of aromatic nitrogens is 3. The molecule has 0 bridgehead atoms.